The Hall–Kier alpha value is -2.33. The molecule has 2 fully saturated rings. The summed E-state index contributed by atoms with van der Waals surface area (Å²) in [7, 11) is 1.82. The summed E-state index contributed by atoms with van der Waals surface area (Å²) in [5.41, 5.74) is 4.04. The molecule has 0 bridgehead atoms. The summed E-state index contributed by atoms with van der Waals surface area (Å²) in [6, 6.07) is 16.8. The van der Waals surface area contributed by atoms with Gasteiger partial charge in [0.15, 0.2) is 0 Å². The van der Waals surface area contributed by atoms with Gasteiger partial charge in [0, 0.05) is 7.11 Å². The van der Waals surface area contributed by atoms with Gasteiger partial charge in [-0.2, -0.15) is 0 Å². The van der Waals surface area contributed by atoms with E-state index in [1.807, 2.05) is 25.3 Å². The standard InChI is InChI=1S/C27H32O4/c1-27-11-10-22-21-9-8-20(31-16-17-6-4-3-5-7-17)12-18(21)14-24(30-2)25(22)23(27)13-19(15-27)26(28)29/h3-9,12,19,22-25H,10-11,13-16H2,1-2H3,(H,28,29)/t19-,22+,23-,24?,25+,27+/m0/s1. The molecule has 31 heavy (non-hydrogen) atoms. The van der Waals surface area contributed by atoms with Crippen molar-refractivity contribution in [3.8, 4) is 5.75 Å². The van der Waals surface area contributed by atoms with E-state index in [1.165, 1.54) is 11.1 Å². The van der Waals surface area contributed by atoms with Gasteiger partial charge < -0.3 is 14.6 Å². The van der Waals surface area contributed by atoms with Crippen LogP contribution in [-0.4, -0.2) is 24.3 Å². The van der Waals surface area contributed by atoms with E-state index in [2.05, 4.69) is 37.3 Å². The molecule has 3 aliphatic rings. The average Bonchev–Trinajstić information content (AvgIpc) is 3.15. The molecule has 1 N–H and O–H groups in total. The molecular weight excluding hydrogens is 388 g/mol. The number of carboxylic acids is 1. The lowest BCUT2D eigenvalue weighted by atomic mass is 9.55. The van der Waals surface area contributed by atoms with Gasteiger partial charge in [-0.05, 0) is 84.1 Å². The Labute approximate surface area is 184 Å². The van der Waals surface area contributed by atoms with Crippen LogP contribution >= 0.6 is 0 Å². The maximum Gasteiger partial charge on any atom is 0.306 e. The minimum Gasteiger partial charge on any atom is -0.489 e. The van der Waals surface area contributed by atoms with Crippen molar-refractivity contribution >= 4 is 5.97 Å². The lowest BCUT2D eigenvalue weighted by Gasteiger charge is -2.51. The zero-order valence-electron chi connectivity index (χ0n) is 18.4. The third-order valence-electron chi connectivity index (χ3n) is 8.37. The van der Waals surface area contributed by atoms with E-state index in [0.29, 0.717) is 24.4 Å². The summed E-state index contributed by atoms with van der Waals surface area (Å²) in [5, 5.41) is 9.67. The van der Waals surface area contributed by atoms with Crippen molar-refractivity contribution in [1.29, 1.82) is 0 Å². The van der Waals surface area contributed by atoms with Crippen LogP contribution in [0.15, 0.2) is 48.5 Å². The molecule has 0 spiro atoms. The normalized spacial score (nSPS) is 33.8. The predicted octanol–water partition coefficient (Wildman–Crippen LogP) is 5.45. The second-order valence-electron chi connectivity index (χ2n) is 10.1. The van der Waals surface area contributed by atoms with Gasteiger partial charge in [0.05, 0.1) is 12.0 Å². The third-order valence-corrected chi connectivity index (χ3v) is 8.37. The van der Waals surface area contributed by atoms with Crippen LogP contribution in [0, 0.1) is 23.2 Å². The number of aliphatic carboxylic acids is 1. The maximum atomic E-state index is 11.8. The number of fused-ring (bicyclic) bond motifs is 5. The molecule has 0 saturated heterocycles. The van der Waals surface area contributed by atoms with Crippen molar-refractivity contribution in [3.63, 3.8) is 0 Å². The Balaban J connectivity index is 1.40. The second-order valence-corrected chi connectivity index (χ2v) is 10.1. The lowest BCUT2D eigenvalue weighted by molar-refractivity contribution is -0.141. The van der Waals surface area contributed by atoms with Crippen LogP contribution in [0.25, 0.3) is 0 Å². The first kappa shape index (κ1) is 20.6. The highest BCUT2D eigenvalue weighted by molar-refractivity contribution is 5.70. The number of carbonyl (C=O) groups is 1. The van der Waals surface area contributed by atoms with Crippen molar-refractivity contribution in [2.75, 3.05) is 7.11 Å². The monoisotopic (exact) mass is 420 g/mol. The van der Waals surface area contributed by atoms with Gasteiger partial charge in [-0.1, -0.05) is 43.3 Å². The summed E-state index contributed by atoms with van der Waals surface area (Å²) < 4.78 is 12.1. The summed E-state index contributed by atoms with van der Waals surface area (Å²) >= 11 is 0. The number of benzene rings is 2. The van der Waals surface area contributed by atoms with Crippen LogP contribution in [0.5, 0.6) is 5.75 Å². The number of ether oxygens (including phenoxy) is 2. The molecule has 0 heterocycles. The molecule has 0 radical (unpaired) electrons. The van der Waals surface area contributed by atoms with E-state index in [-0.39, 0.29) is 17.4 Å². The molecule has 3 aliphatic carbocycles. The first-order chi connectivity index (χ1) is 15.0. The van der Waals surface area contributed by atoms with E-state index in [9.17, 15) is 9.90 Å². The zero-order chi connectivity index (χ0) is 21.6. The van der Waals surface area contributed by atoms with Gasteiger partial charge in [0.2, 0.25) is 0 Å². The van der Waals surface area contributed by atoms with Gasteiger partial charge >= 0.3 is 5.97 Å². The molecule has 5 rings (SSSR count). The van der Waals surface area contributed by atoms with Gasteiger partial charge in [-0.25, -0.2) is 0 Å². The molecular formula is C27H32O4. The molecule has 6 atom stereocenters. The Bertz CT molecular complexity index is 955. The molecule has 4 heteroatoms. The maximum absolute atomic E-state index is 11.8. The Morgan fingerprint density at radius 3 is 2.74 bits per heavy atom. The van der Waals surface area contributed by atoms with E-state index >= 15 is 0 Å². The Kier molecular flexibility index (Phi) is 5.29. The second kappa shape index (κ2) is 7.98. The first-order valence-corrected chi connectivity index (χ1v) is 11.5. The highest BCUT2D eigenvalue weighted by Gasteiger charge is 2.56. The van der Waals surface area contributed by atoms with E-state index in [4.69, 9.17) is 9.47 Å². The molecule has 164 valence electrons. The molecule has 0 amide bonds. The minimum absolute atomic E-state index is 0.122. The average molecular weight is 421 g/mol. The smallest absolute Gasteiger partial charge is 0.306 e. The van der Waals surface area contributed by atoms with E-state index in [0.717, 1.165) is 43.4 Å². The quantitative estimate of drug-likeness (QED) is 0.699. The summed E-state index contributed by atoms with van der Waals surface area (Å²) in [6.07, 6.45) is 4.83. The SMILES string of the molecule is COC1Cc2cc(OCc3ccccc3)ccc2[C@H]2CC[C@]3(C)C[C@@H](C(=O)O)C[C@H]3[C@H]12. The van der Waals surface area contributed by atoms with Crippen molar-refractivity contribution < 1.29 is 19.4 Å². The van der Waals surface area contributed by atoms with Crippen LogP contribution in [0.3, 0.4) is 0 Å². The molecule has 0 aromatic heterocycles. The number of hydrogen-bond acceptors (Lipinski definition) is 3. The highest BCUT2D eigenvalue weighted by Crippen LogP contribution is 2.62. The minimum atomic E-state index is -0.627. The van der Waals surface area contributed by atoms with Crippen LogP contribution in [-0.2, 0) is 22.6 Å². The largest absolute Gasteiger partial charge is 0.489 e. The molecule has 4 nitrogen and oxygen atoms in total. The Morgan fingerprint density at radius 2 is 2.00 bits per heavy atom. The summed E-state index contributed by atoms with van der Waals surface area (Å²) in [6.45, 7) is 2.88. The first-order valence-electron chi connectivity index (χ1n) is 11.5. The summed E-state index contributed by atoms with van der Waals surface area (Å²) in [5.74, 6) is 1.33. The fourth-order valence-corrected chi connectivity index (χ4v) is 6.87. The van der Waals surface area contributed by atoms with Gasteiger partial charge in [-0.15, -0.1) is 0 Å². The van der Waals surface area contributed by atoms with E-state index in [1.54, 1.807) is 0 Å². The van der Waals surface area contributed by atoms with Crippen molar-refractivity contribution in [2.24, 2.45) is 23.2 Å². The fraction of sp³-hybridized carbons (Fsp3) is 0.519. The van der Waals surface area contributed by atoms with Crippen molar-refractivity contribution in [2.45, 2.75) is 57.7 Å². The lowest BCUT2D eigenvalue weighted by Crippen LogP contribution is -2.47. The van der Waals surface area contributed by atoms with Crippen LogP contribution in [0.4, 0.5) is 0 Å². The third kappa shape index (κ3) is 3.65. The fourth-order valence-electron chi connectivity index (χ4n) is 6.87. The number of rotatable bonds is 5. The molecule has 1 unspecified atom stereocenters. The molecule has 2 saturated carbocycles. The summed E-state index contributed by atoms with van der Waals surface area (Å²) in [4.78, 5) is 11.8. The van der Waals surface area contributed by atoms with Crippen molar-refractivity contribution in [3.05, 3.63) is 65.2 Å². The van der Waals surface area contributed by atoms with Crippen LogP contribution < -0.4 is 4.74 Å². The molecule has 2 aromatic rings. The highest BCUT2D eigenvalue weighted by atomic mass is 16.5. The molecule has 2 aromatic carbocycles. The zero-order valence-corrected chi connectivity index (χ0v) is 18.4. The van der Waals surface area contributed by atoms with Crippen LogP contribution in [0.1, 0.15) is 55.2 Å². The predicted molar refractivity (Wildman–Crippen MR) is 119 cm³/mol. The van der Waals surface area contributed by atoms with Gasteiger partial charge in [-0.3, -0.25) is 4.79 Å². The van der Waals surface area contributed by atoms with Gasteiger partial charge in [0.1, 0.15) is 12.4 Å². The topological polar surface area (TPSA) is 55.8 Å². The van der Waals surface area contributed by atoms with Crippen molar-refractivity contribution in [1.82, 2.24) is 0 Å². The number of hydrogen-bond donors (Lipinski definition) is 1. The number of carboxylic acid groups (broad SMARTS) is 1. The number of methoxy groups -OCH3 is 1. The van der Waals surface area contributed by atoms with E-state index < -0.39 is 5.97 Å². The van der Waals surface area contributed by atoms with Crippen LogP contribution in [0.2, 0.25) is 0 Å². The molecule has 0 aliphatic heterocycles. The Morgan fingerprint density at radius 1 is 1.19 bits per heavy atom. The van der Waals surface area contributed by atoms with Gasteiger partial charge in [0.25, 0.3) is 0 Å².